The molecule has 1 unspecified atom stereocenters. The second-order valence-electron chi connectivity index (χ2n) is 9.40. The van der Waals surface area contributed by atoms with E-state index >= 15 is 0 Å². The first-order valence-corrected chi connectivity index (χ1v) is 15.2. The molecule has 3 aromatic carbocycles. The van der Waals surface area contributed by atoms with Crippen molar-refractivity contribution in [2.24, 2.45) is 0 Å². The lowest BCUT2D eigenvalue weighted by molar-refractivity contribution is -0.140. The zero-order valence-corrected chi connectivity index (χ0v) is 24.8. The zero-order valence-electron chi connectivity index (χ0n) is 23.2. The van der Waals surface area contributed by atoms with E-state index in [-0.39, 0.29) is 22.8 Å². The summed E-state index contributed by atoms with van der Waals surface area (Å²) in [6, 6.07) is 20.5. The van der Waals surface area contributed by atoms with E-state index in [1.807, 2.05) is 6.92 Å². The summed E-state index contributed by atoms with van der Waals surface area (Å²) in [5.74, 6) is 1.25. The van der Waals surface area contributed by atoms with Crippen LogP contribution in [0, 0.1) is 6.92 Å². The number of hydrogen-bond acceptors (Lipinski definition) is 7. The number of methoxy groups -OCH3 is 1. The highest BCUT2D eigenvalue weighted by molar-refractivity contribution is 7.99. The number of ether oxygens (including phenoxy) is 2. The van der Waals surface area contributed by atoms with E-state index in [2.05, 4.69) is 55.5 Å². The Bertz CT molecular complexity index is 1220. The van der Waals surface area contributed by atoms with Crippen LogP contribution in [-0.4, -0.2) is 36.3 Å². The molecular weight excluding hydrogens is 528 g/mol. The highest BCUT2D eigenvalue weighted by atomic mass is 32.2. The predicted octanol–water partition coefficient (Wildman–Crippen LogP) is 8.20. The SMILES string of the molecule is CCCc1c(OCCCSc2ccc(C(CCC(=O)OC)Sc3ccc(C)cc3)cc2)ccc(C(C)=O)c1O. The number of thioether (sulfide) groups is 2. The summed E-state index contributed by atoms with van der Waals surface area (Å²) in [7, 11) is 1.43. The average molecular weight is 567 g/mol. The van der Waals surface area contributed by atoms with Crippen molar-refractivity contribution in [3.63, 3.8) is 0 Å². The van der Waals surface area contributed by atoms with Gasteiger partial charge in [-0.15, -0.1) is 23.5 Å². The molecule has 0 spiro atoms. The van der Waals surface area contributed by atoms with Crippen LogP contribution in [0.3, 0.4) is 0 Å². The Balaban J connectivity index is 1.55. The van der Waals surface area contributed by atoms with Crippen LogP contribution in [0.5, 0.6) is 11.5 Å². The van der Waals surface area contributed by atoms with Crippen LogP contribution in [0.2, 0.25) is 0 Å². The van der Waals surface area contributed by atoms with Crippen LogP contribution in [0.25, 0.3) is 0 Å². The largest absolute Gasteiger partial charge is 0.507 e. The number of ketones is 1. The number of phenolic OH excluding ortho intramolecular Hbond substituents is 1. The van der Waals surface area contributed by atoms with Gasteiger partial charge in [-0.2, -0.15) is 0 Å². The maximum atomic E-state index is 11.8. The fraction of sp³-hybridized carbons (Fsp3) is 0.375. The van der Waals surface area contributed by atoms with Crippen LogP contribution in [-0.2, 0) is 16.0 Å². The maximum absolute atomic E-state index is 11.8. The molecule has 0 saturated heterocycles. The van der Waals surface area contributed by atoms with Crippen LogP contribution in [0.4, 0.5) is 0 Å². The summed E-state index contributed by atoms with van der Waals surface area (Å²) in [6.45, 7) is 6.10. The molecule has 0 amide bonds. The number of aryl methyl sites for hydroxylation is 1. The van der Waals surface area contributed by atoms with Crippen molar-refractivity contribution < 1.29 is 24.2 Å². The monoisotopic (exact) mass is 566 g/mol. The molecule has 0 bridgehead atoms. The topological polar surface area (TPSA) is 72.8 Å². The molecule has 0 aromatic heterocycles. The van der Waals surface area contributed by atoms with E-state index in [0.717, 1.165) is 18.6 Å². The van der Waals surface area contributed by atoms with E-state index in [1.54, 1.807) is 35.7 Å². The minimum absolute atomic E-state index is 0.0433. The molecule has 0 aliphatic carbocycles. The molecule has 0 fully saturated rings. The highest BCUT2D eigenvalue weighted by Gasteiger charge is 2.17. The maximum Gasteiger partial charge on any atom is 0.305 e. The Morgan fingerprint density at radius 3 is 2.31 bits per heavy atom. The van der Waals surface area contributed by atoms with Gasteiger partial charge in [-0.1, -0.05) is 43.2 Å². The molecule has 3 aromatic rings. The lowest BCUT2D eigenvalue weighted by atomic mass is 10.0. The molecule has 0 saturated carbocycles. The normalized spacial score (nSPS) is 11.7. The molecule has 0 radical (unpaired) electrons. The van der Waals surface area contributed by atoms with Crippen LogP contribution < -0.4 is 4.74 Å². The van der Waals surface area contributed by atoms with Gasteiger partial charge in [0.25, 0.3) is 0 Å². The number of phenols is 1. The number of carbonyl (C=O) groups is 2. The number of rotatable bonds is 15. The summed E-state index contributed by atoms with van der Waals surface area (Å²) in [5.41, 5.74) is 3.46. The molecule has 0 aliphatic heterocycles. The van der Waals surface area contributed by atoms with Crippen molar-refractivity contribution >= 4 is 35.3 Å². The Kier molecular flexibility index (Phi) is 12.3. The number of esters is 1. The smallest absolute Gasteiger partial charge is 0.305 e. The van der Waals surface area contributed by atoms with Gasteiger partial charge in [-0.3, -0.25) is 9.59 Å². The van der Waals surface area contributed by atoms with Gasteiger partial charge in [-0.25, -0.2) is 0 Å². The molecule has 0 aliphatic rings. The van der Waals surface area contributed by atoms with Crippen molar-refractivity contribution in [2.45, 2.75) is 67.9 Å². The summed E-state index contributed by atoms with van der Waals surface area (Å²) in [6.07, 6.45) is 3.44. The second-order valence-corrected chi connectivity index (χ2v) is 11.8. The van der Waals surface area contributed by atoms with Crippen LogP contribution >= 0.6 is 23.5 Å². The summed E-state index contributed by atoms with van der Waals surface area (Å²) in [5, 5.41) is 10.7. The first-order valence-electron chi connectivity index (χ1n) is 13.3. The Morgan fingerprint density at radius 2 is 1.67 bits per heavy atom. The molecule has 1 atom stereocenters. The minimum Gasteiger partial charge on any atom is -0.507 e. The summed E-state index contributed by atoms with van der Waals surface area (Å²) >= 11 is 3.54. The van der Waals surface area contributed by atoms with E-state index in [0.29, 0.717) is 42.7 Å². The fourth-order valence-corrected chi connectivity index (χ4v) is 6.14. The van der Waals surface area contributed by atoms with Crippen molar-refractivity contribution in [1.29, 1.82) is 0 Å². The molecule has 1 N–H and O–H groups in total. The predicted molar refractivity (Wildman–Crippen MR) is 160 cm³/mol. The van der Waals surface area contributed by atoms with E-state index in [4.69, 9.17) is 9.47 Å². The van der Waals surface area contributed by atoms with Gasteiger partial charge in [0, 0.05) is 32.8 Å². The molecule has 7 heteroatoms. The first-order chi connectivity index (χ1) is 18.8. The van der Waals surface area contributed by atoms with Gasteiger partial charge in [-0.05, 0) is 75.1 Å². The number of aromatic hydroxyl groups is 1. The highest BCUT2D eigenvalue weighted by Crippen LogP contribution is 2.39. The van der Waals surface area contributed by atoms with Crippen molar-refractivity contribution in [1.82, 2.24) is 0 Å². The molecule has 5 nitrogen and oxygen atoms in total. The number of Topliss-reactive ketones (excluding diaryl/α,β-unsaturated/α-hetero) is 1. The van der Waals surface area contributed by atoms with Gasteiger partial charge >= 0.3 is 5.97 Å². The summed E-state index contributed by atoms with van der Waals surface area (Å²) in [4.78, 5) is 25.9. The van der Waals surface area contributed by atoms with E-state index in [1.165, 1.54) is 35.0 Å². The number of carbonyl (C=O) groups excluding carboxylic acids is 2. The summed E-state index contributed by atoms with van der Waals surface area (Å²) < 4.78 is 10.9. The van der Waals surface area contributed by atoms with Crippen LogP contribution in [0.1, 0.15) is 71.8 Å². The van der Waals surface area contributed by atoms with Gasteiger partial charge in [0.05, 0.1) is 19.3 Å². The lowest BCUT2D eigenvalue weighted by Crippen LogP contribution is -2.04. The number of hydrogen-bond donors (Lipinski definition) is 1. The Labute approximate surface area is 240 Å². The zero-order chi connectivity index (χ0) is 28.2. The molecule has 3 rings (SSSR count). The molecular formula is C32H38O5S2. The first kappa shape index (κ1) is 30.6. The molecule has 39 heavy (non-hydrogen) atoms. The van der Waals surface area contributed by atoms with E-state index < -0.39 is 0 Å². The standard InChI is InChI=1S/C32H38O5S2/c1-5-7-28-29(17-16-27(23(3)33)32(28)35)37-20-6-21-38-25-14-10-24(11-15-25)30(18-19-31(34)36-4)39-26-12-8-22(2)9-13-26/h8-17,30,35H,5-7,18-21H2,1-4H3. The Hall–Kier alpha value is -2.90. The third-order valence-electron chi connectivity index (χ3n) is 6.32. The van der Waals surface area contributed by atoms with Crippen LogP contribution in [0.15, 0.2) is 70.5 Å². The third kappa shape index (κ3) is 9.36. The quantitative estimate of drug-likeness (QED) is 0.0860. The lowest BCUT2D eigenvalue weighted by Gasteiger charge is -2.17. The van der Waals surface area contributed by atoms with Crippen molar-refractivity contribution in [2.75, 3.05) is 19.5 Å². The minimum atomic E-state index is -0.189. The van der Waals surface area contributed by atoms with Crippen molar-refractivity contribution in [3.05, 3.63) is 82.9 Å². The molecule has 208 valence electrons. The third-order valence-corrected chi connectivity index (χ3v) is 8.76. The average Bonchev–Trinajstić information content (AvgIpc) is 2.93. The van der Waals surface area contributed by atoms with E-state index in [9.17, 15) is 14.7 Å². The van der Waals surface area contributed by atoms with Crippen molar-refractivity contribution in [3.8, 4) is 11.5 Å². The second kappa shape index (κ2) is 15.6. The Morgan fingerprint density at radius 1 is 0.974 bits per heavy atom. The van der Waals surface area contributed by atoms with Gasteiger partial charge in [0.15, 0.2) is 5.78 Å². The van der Waals surface area contributed by atoms with Gasteiger partial charge < -0.3 is 14.6 Å². The fourth-order valence-electron chi connectivity index (χ4n) is 4.16. The molecule has 0 heterocycles. The van der Waals surface area contributed by atoms with Gasteiger partial charge in [0.2, 0.25) is 0 Å². The number of benzene rings is 3. The van der Waals surface area contributed by atoms with Gasteiger partial charge in [0.1, 0.15) is 11.5 Å².